The number of amides is 1. The topological polar surface area (TPSA) is 75.6 Å². The van der Waals surface area contributed by atoms with Gasteiger partial charge in [-0.25, -0.2) is 9.59 Å². The molecule has 2 N–H and O–H groups in total. The van der Waals surface area contributed by atoms with E-state index in [1.807, 2.05) is 21.1 Å². The highest BCUT2D eigenvalue weighted by molar-refractivity contribution is 5.72. The molecule has 0 aliphatic rings. The molecule has 0 radical (unpaired) electrons. The van der Waals surface area contributed by atoms with Crippen molar-refractivity contribution in [3.8, 4) is 0 Å². The molecule has 0 rings (SSSR count). The first-order valence-electron chi connectivity index (χ1n) is 6.44. The van der Waals surface area contributed by atoms with Gasteiger partial charge in [0.05, 0.1) is 21.1 Å². The molecule has 0 aromatic heterocycles. The smallest absolute Gasteiger partial charge is 0.407 e. The van der Waals surface area contributed by atoms with Gasteiger partial charge in [0.2, 0.25) is 0 Å². The number of aliphatic carboxylic acids is 1. The van der Waals surface area contributed by atoms with Crippen LogP contribution in [0.2, 0.25) is 0 Å². The van der Waals surface area contributed by atoms with Crippen LogP contribution < -0.4 is 5.32 Å². The lowest BCUT2D eigenvalue weighted by molar-refractivity contribution is -0.887. The Labute approximate surface area is 115 Å². The molecular weight excluding hydrogens is 248 g/mol. The molecule has 0 spiro atoms. The predicted molar refractivity (Wildman–Crippen MR) is 72.9 cm³/mol. The molecule has 112 valence electrons. The molecule has 19 heavy (non-hydrogen) atoms. The number of rotatable bonds is 6. The number of quaternary nitrogens is 1. The molecular formula is C13H27N2O4+. The van der Waals surface area contributed by atoms with Gasteiger partial charge in [0.25, 0.3) is 0 Å². The summed E-state index contributed by atoms with van der Waals surface area (Å²) in [4.78, 5) is 22.5. The first-order valence-corrected chi connectivity index (χ1v) is 6.44. The Kier molecular flexibility index (Phi) is 6.29. The van der Waals surface area contributed by atoms with Crippen LogP contribution in [0, 0.1) is 0 Å². The number of carboxylic acid groups (broad SMARTS) is 1. The van der Waals surface area contributed by atoms with E-state index in [0.29, 0.717) is 23.9 Å². The van der Waals surface area contributed by atoms with Gasteiger partial charge in [-0.05, 0) is 27.2 Å². The lowest BCUT2D eigenvalue weighted by Gasteiger charge is -2.31. The molecule has 0 fully saturated rings. The molecule has 0 aromatic rings. The van der Waals surface area contributed by atoms with E-state index < -0.39 is 23.7 Å². The predicted octanol–water partition coefficient (Wildman–Crippen LogP) is 1.45. The lowest BCUT2D eigenvalue weighted by atomic mass is 10.1. The fourth-order valence-electron chi connectivity index (χ4n) is 1.64. The van der Waals surface area contributed by atoms with Gasteiger partial charge in [-0.1, -0.05) is 0 Å². The summed E-state index contributed by atoms with van der Waals surface area (Å²) in [6.07, 6.45) is 0.644. The molecule has 0 unspecified atom stereocenters. The summed E-state index contributed by atoms with van der Waals surface area (Å²) in [7, 11) is 5.54. The second kappa shape index (κ2) is 6.75. The third-order valence-corrected chi connectivity index (χ3v) is 2.54. The van der Waals surface area contributed by atoms with E-state index in [1.54, 1.807) is 20.8 Å². The van der Waals surface area contributed by atoms with Crippen molar-refractivity contribution in [1.29, 1.82) is 0 Å². The molecule has 0 aliphatic carbocycles. The number of alkyl carbamates (subject to hydrolysis) is 1. The number of ether oxygens (including phenoxy) is 1. The number of likely N-dealkylation sites (N-methyl/N-ethyl adjacent to an activating group) is 1. The summed E-state index contributed by atoms with van der Waals surface area (Å²) in [5.41, 5.74) is -0.518. The molecule has 0 saturated heterocycles. The van der Waals surface area contributed by atoms with Crippen LogP contribution in [0.5, 0.6) is 0 Å². The first kappa shape index (κ1) is 17.7. The minimum atomic E-state index is -0.815. The fraction of sp³-hybridized carbons (Fsp3) is 0.846. The highest BCUT2D eigenvalue weighted by Gasteiger charge is 2.30. The number of hydrogen-bond donors (Lipinski definition) is 2. The summed E-state index contributed by atoms with van der Waals surface area (Å²) >= 11 is 0. The Balaban J connectivity index is 4.03. The van der Waals surface area contributed by atoms with Crippen LogP contribution in [-0.2, 0) is 9.53 Å². The van der Waals surface area contributed by atoms with Gasteiger partial charge in [0.15, 0.2) is 6.04 Å². The van der Waals surface area contributed by atoms with Crippen LogP contribution in [0.15, 0.2) is 0 Å². The number of nitrogens with zero attached hydrogens (tertiary/aromatic N) is 1. The molecule has 1 atom stereocenters. The highest BCUT2D eigenvalue weighted by atomic mass is 16.6. The maximum absolute atomic E-state index is 11.4. The van der Waals surface area contributed by atoms with Crippen molar-refractivity contribution < 1.29 is 23.9 Å². The summed E-state index contributed by atoms with van der Waals surface area (Å²) in [6.45, 7) is 5.80. The van der Waals surface area contributed by atoms with E-state index in [0.717, 1.165) is 0 Å². The van der Waals surface area contributed by atoms with Gasteiger partial charge in [0.1, 0.15) is 5.60 Å². The Bertz CT molecular complexity index is 316. The molecule has 0 bridgehead atoms. The Morgan fingerprint density at radius 1 is 1.26 bits per heavy atom. The van der Waals surface area contributed by atoms with Crippen molar-refractivity contribution in [2.24, 2.45) is 0 Å². The monoisotopic (exact) mass is 275 g/mol. The zero-order chi connectivity index (χ0) is 15.3. The lowest BCUT2D eigenvalue weighted by Crippen LogP contribution is -2.50. The summed E-state index contributed by atoms with van der Waals surface area (Å²) in [5, 5.41) is 11.8. The minimum absolute atomic E-state index is 0.363. The van der Waals surface area contributed by atoms with Crippen molar-refractivity contribution in [2.75, 3.05) is 27.7 Å². The molecule has 0 heterocycles. The van der Waals surface area contributed by atoms with Gasteiger partial charge in [0, 0.05) is 13.0 Å². The van der Waals surface area contributed by atoms with E-state index in [-0.39, 0.29) is 0 Å². The Morgan fingerprint density at radius 2 is 1.79 bits per heavy atom. The molecule has 6 nitrogen and oxygen atoms in total. The van der Waals surface area contributed by atoms with Crippen LogP contribution in [0.3, 0.4) is 0 Å². The minimum Gasteiger partial charge on any atom is -0.477 e. The van der Waals surface area contributed by atoms with E-state index in [9.17, 15) is 9.59 Å². The second-order valence-electron chi connectivity index (χ2n) is 6.54. The second-order valence-corrected chi connectivity index (χ2v) is 6.54. The fourth-order valence-corrected chi connectivity index (χ4v) is 1.64. The zero-order valence-corrected chi connectivity index (χ0v) is 12.8. The number of carboxylic acids is 1. The largest absolute Gasteiger partial charge is 0.477 e. The average molecular weight is 275 g/mol. The van der Waals surface area contributed by atoms with Crippen molar-refractivity contribution in [3.05, 3.63) is 0 Å². The van der Waals surface area contributed by atoms with Crippen LogP contribution >= 0.6 is 0 Å². The van der Waals surface area contributed by atoms with Gasteiger partial charge in [-0.15, -0.1) is 0 Å². The normalized spacial score (nSPS) is 13.8. The van der Waals surface area contributed by atoms with E-state index in [1.165, 1.54) is 0 Å². The molecule has 6 heteroatoms. The van der Waals surface area contributed by atoms with Gasteiger partial charge < -0.3 is 19.6 Å². The third kappa shape index (κ3) is 8.42. The molecule has 0 saturated carbocycles. The van der Waals surface area contributed by atoms with Gasteiger partial charge in [-0.2, -0.15) is 0 Å². The SMILES string of the molecule is CC(C)(C)OC(=O)NCCC[C@@H](C(=O)O)[N+](C)(C)C. The van der Waals surface area contributed by atoms with Gasteiger partial charge in [-0.3, -0.25) is 0 Å². The summed E-state index contributed by atoms with van der Waals surface area (Å²) in [5.74, 6) is -0.815. The Hall–Kier alpha value is -1.30. The van der Waals surface area contributed by atoms with Crippen LogP contribution in [0.4, 0.5) is 4.79 Å². The standard InChI is InChI=1S/C13H26N2O4/c1-13(2,3)19-12(18)14-9-7-8-10(11(16)17)15(4,5)6/h10H,7-9H2,1-6H3,(H-,14,16,17,18)/p+1/t10-/m0/s1. The van der Waals surface area contributed by atoms with E-state index >= 15 is 0 Å². The van der Waals surface area contributed by atoms with Crippen molar-refractivity contribution in [1.82, 2.24) is 5.32 Å². The number of carbonyl (C=O) groups is 2. The van der Waals surface area contributed by atoms with Crippen molar-refractivity contribution >= 4 is 12.1 Å². The van der Waals surface area contributed by atoms with E-state index in [2.05, 4.69) is 5.32 Å². The molecule has 0 aliphatic heterocycles. The third-order valence-electron chi connectivity index (χ3n) is 2.54. The van der Waals surface area contributed by atoms with Crippen LogP contribution in [0.1, 0.15) is 33.6 Å². The van der Waals surface area contributed by atoms with E-state index in [4.69, 9.17) is 9.84 Å². The number of nitrogens with one attached hydrogen (secondary N) is 1. The highest BCUT2D eigenvalue weighted by Crippen LogP contribution is 2.10. The molecule has 1 amide bonds. The summed E-state index contributed by atoms with van der Waals surface area (Å²) < 4.78 is 5.45. The van der Waals surface area contributed by atoms with Crippen LogP contribution in [0.25, 0.3) is 0 Å². The number of carbonyl (C=O) groups excluding carboxylic acids is 1. The van der Waals surface area contributed by atoms with Crippen LogP contribution in [-0.4, -0.2) is 61.0 Å². The van der Waals surface area contributed by atoms with Gasteiger partial charge >= 0.3 is 12.1 Å². The summed E-state index contributed by atoms with van der Waals surface area (Å²) in [6, 6.07) is -0.472. The quantitative estimate of drug-likeness (QED) is 0.568. The molecule has 0 aromatic carbocycles. The zero-order valence-electron chi connectivity index (χ0n) is 12.8. The average Bonchev–Trinajstić information content (AvgIpc) is 2.11. The maximum atomic E-state index is 11.4. The maximum Gasteiger partial charge on any atom is 0.407 e. The van der Waals surface area contributed by atoms with Crippen molar-refractivity contribution in [3.63, 3.8) is 0 Å². The number of hydrogen-bond acceptors (Lipinski definition) is 3. The van der Waals surface area contributed by atoms with Crippen molar-refractivity contribution in [2.45, 2.75) is 45.3 Å². The first-order chi connectivity index (χ1) is 8.43. The Morgan fingerprint density at radius 3 is 2.16 bits per heavy atom.